The molecule has 0 aromatic carbocycles. The molecule has 2 N–H and O–H groups in total. The maximum atomic E-state index is 12.3. The van der Waals surface area contributed by atoms with Gasteiger partial charge in [-0.2, -0.15) is 0 Å². The fourth-order valence-electron chi connectivity index (χ4n) is 2.83. The molecule has 158 valence electrons. The predicted molar refractivity (Wildman–Crippen MR) is 126 cm³/mol. The van der Waals surface area contributed by atoms with E-state index in [-0.39, 0.29) is 11.9 Å². The van der Waals surface area contributed by atoms with Crippen LogP contribution in [0.25, 0.3) is 21.7 Å². The highest BCUT2D eigenvalue weighted by Gasteiger charge is 2.13. The Morgan fingerprint density at radius 3 is 2.66 bits per heavy atom. The molecule has 0 aliphatic heterocycles. The van der Waals surface area contributed by atoms with Gasteiger partial charge in [0.2, 0.25) is 5.91 Å². The number of thiophene rings is 1. The van der Waals surface area contributed by atoms with Crippen molar-refractivity contribution in [1.29, 1.82) is 0 Å². The molecule has 0 saturated carbocycles. The molecule has 0 bridgehead atoms. The Balaban J connectivity index is 1.68. The number of pyridine rings is 2. The Hall–Kier alpha value is -3.93. The summed E-state index contributed by atoms with van der Waals surface area (Å²) in [5.41, 5.74) is 3.03. The van der Waals surface area contributed by atoms with Crippen LogP contribution in [0, 0.1) is 11.8 Å². The van der Waals surface area contributed by atoms with Crippen molar-refractivity contribution in [3.63, 3.8) is 0 Å². The Kier molecular flexibility index (Phi) is 6.60. The highest BCUT2D eigenvalue weighted by Crippen LogP contribution is 2.26. The summed E-state index contributed by atoms with van der Waals surface area (Å²) in [4.78, 5) is 31.3. The number of likely N-dealkylation sites (N-methyl/N-ethyl adjacent to an activating group) is 1. The minimum atomic E-state index is -0.343. The van der Waals surface area contributed by atoms with Crippen molar-refractivity contribution in [2.45, 2.75) is 13.0 Å². The monoisotopic (exact) mass is 440 g/mol. The third kappa shape index (κ3) is 5.03. The van der Waals surface area contributed by atoms with E-state index in [1.165, 1.54) is 6.33 Å². The van der Waals surface area contributed by atoms with Crippen LogP contribution >= 0.6 is 11.3 Å². The van der Waals surface area contributed by atoms with E-state index in [9.17, 15) is 4.79 Å². The zero-order valence-electron chi connectivity index (χ0n) is 17.5. The van der Waals surface area contributed by atoms with Crippen molar-refractivity contribution in [2.24, 2.45) is 0 Å². The van der Waals surface area contributed by atoms with Crippen LogP contribution in [0.3, 0.4) is 0 Å². The molecule has 1 amide bonds. The van der Waals surface area contributed by atoms with Crippen molar-refractivity contribution < 1.29 is 4.79 Å². The van der Waals surface area contributed by atoms with Gasteiger partial charge in [0, 0.05) is 29.7 Å². The van der Waals surface area contributed by atoms with E-state index in [1.54, 1.807) is 50.0 Å². The summed E-state index contributed by atoms with van der Waals surface area (Å²) < 4.78 is 0. The van der Waals surface area contributed by atoms with Crippen LogP contribution in [-0.4, -0.2) is 38.9 Å². The highest BCUT2D eigenvalue weighted by atomic mass is 32.1. The number of carbonyl (C=O) groups excluding carboxylic acids is 1. The summed E-state index contributed by atoms with van der Waals surface area (Å²) in [5.74, 6) is 6.60. The normalized spacial score (nSPS) is 11.3. The van der Waals surface area contributed by atoms with Crippen molar-refractivity contribution in [1.82, 2.24) is 25.3 Å². The average molecular weight is 441 g/mol. The zero-order chi connectivity index (χ0) is 22.3. The number of anilines is 1. The summed E-state index contributed by atoms with van der Waals surface area (Å²) in [6.45, 7) is 1.78. The summed E-state index contributed by atoms with van der Waals surface area (Å²) in [5, 5.41) is 5.73. The molecule has 7 nitrogen and oxygen atoms in total. The molecule has 4 aromatic rings. The fourth-order valence-corrected chi connectivity index (χ4v) is 3.67. The molecular weight excluding hydrogens is 420 g/mol. The second-order valence-corrected chi connectivity index (χ2v) is 7.93. The van der Waals surface area contributed by atoms with Gasteiger partial charge in [-0.1, -0.05) is 6.07 Å². The molecule has 1 unspecified atom stereocenters. The first-order chi connectivity index (χ1) is 15.6. The number of aromatic nitrogens is 4. The van der Waals surface area contributed by atoms with E-state index >= 15 is 0 Å². The van der Waals surface area contributed by atoms with E-state index < -0.39 is 0 Å². The Morgan fingerprint density at radius 1 is 1.06 bits per heavy atom. The standard InChI is InChI=1S/C24H20N6OS/c1-16(25-2)24(31)30-23-11-8-19(17-13-26-15-27-14-17)20(29-23)9-6-18-7-10-22(32-18)21-5-3-4-12-28-21/h3-5,7-8,10-16,25H,1-2H3,(H,29,30,31). The number of nitrogens with one attached hydrogen (secondary N) is 2. The summed E-state index contributed by atoms with van der Waals surface area (Å²) in [6.07, 6.45) is 6.66. The third-order valence-corrected chi connectivity index (χ3v) is 5.70. The van der Waals surface area contributed by atoms with Crippen molar-refractivity contribution >= 4 is 23.1 Å². The molecule has 8 heteroatoms. The van der Waals surface area contributed by atoms with Crippen molar-refractivity contribution in [2.75, 3.05) is 12.4 Å². The lowest BCUT2D eigenvalue weighted by Gasteiger charge is -2.11. The van der Waals surface area contributed by atoms with Gasteiger partial charge in [0.25, 0.3) is 0 Å². The lowest BCUT2D eigenvalue weighted by Crippen LogP contribution is -2.35. The van der Waals surface area contributed by atoms with Gasteiger partial charge in [-0.25, -0.2) is 15.0 Å². The molecule has 0 saturated heterocycles. The number of amides is 1. The maximum Gasteiger partial charge on any atom is 0.242 e. The van der Waals surface area contributed by atoms with Crippen LogP contribution in [0.4, 0.5) is 5.82 Å². The summed E-state index contributed by atoms with van der Waals surface area (Å²) >= 11 is 1.56. The van der Waals surface area contributed by atoms with Gasteiger partial charge in [0.05, 0.1) is 21.5 Å². The Morgan fingerprint density at radius 2 is 1.91 bits per heavy atom. The number of hydrogen-bond donors (Lipinski definition) is 2. The van der Waals surface area contributed by atoms with Gasteiger partial charge in [-0.15, -0.1) is 11.3 Å². The van der Waals surface area contributed by atoms with E-state index in [2.05, 4.69) is 42.4 Å². The lowest BCUT2D eigenvalue weighted by atomic mass is 10.1. The Labute approximate surface area is 190 Å². The van der Waals surface area contributed by atoms with Crippen LogP contribution in [0.15, 0.2) is 67.4 Å². The first kappa shape index (κ1) is 21.3. The molecule has 0 aliphatic carbocycles. The number of nitrogens with zero attached hydrogens (tertiary/aromatic N) is 4. The van der Waals surface area contributed by atoms with Crippen LogP contribution in [0.2, 0.25) is 0 Å². The van der Waals surface area contributed by atoms with E-state index in [1.807, 2.05) is 36.4 Å². The fraction of sp³-hybridized carbons (Fsp3) is 0.125. The lowest BCUT2D eigenvalue weighted by molar-refractivity contribution is -0.117. The number of rotatable bonds is 5. The molecule has 32 heavy (non-hydrogen) atoms. The second-order valence-electron chi connectivity index (χ2n) is 6.85. The van der Waals surface area contributed by atoms with Crippen LogP contribution < -0.4 is 10.6 Å². The number of carbonyl (C=O) groups is 1. The van der Waals surface area contributed by atoms with Crippen molar-refractivity contribution in [3.8, 4) is 33.5 Å². The molecule has 4 rings (SSSR count). The largest absolute Gasteiger partial charge is 0.309 e. The summed E-state index contributed by atoms with van der Waals surface area (Å²) in [7, 11) is 1.73. The molecule has 4 aromatic heterocycles. The minimum absolute atomic E-state index is 0.173. The SMILES string of the molecule is CNC(C)C(=O)Nc1ccc(-c2cncnc2)c(C#Cc2ccc(-c3ccccn3)s2)n1. The van der Waals surface area contributed by atoms with Gasteiger partial charge >= 0.3 is 0 Å². The smallest absolute Gasteiger partial charge is 0.242 e. The van der Waals surface area contributed by atoms with Crippen LogP contribution in [0.1, 0.15) is 17.5 Å². The molecule has 0 radical (unpaired) electrons. The molecule has 0 fully saturated rings. The molecule has 0 spiro atoms. The minimum Gasteiger partial charge on any atom is -0.309 e. The average Bonchev–Trinajstić information content (AvgIpc) is 3.32. The van der Waals surface area contributed by atoms with E-state index in [0.717, 1.165) is 26.6 Å². The predicted octanol–water partition coefficient (Wildman–Crippen LogP) is 3.61. The van der Waals surface area contributed by atoms with Crippen LogP contribution in [-0.2, 0) is 4.79 Å². The molecule has 4 heterocycles. The van der Waals surface area contributed by atoms with Gasteiger partial charge in [-0.3, -0.25) is 9.78 Å². The van der Waals surface area contributed by atoms with Gasteiger partial charge in [0.1, 0.15) is 17.8 Å². The molecule has 1 atom stereocenters. The van der Waals surface area contributed by atoms with Gasteiger partial charge < -0.3 is 10.6 Å². The molecular formula is C24H20N6OS. The van der Waals surface area contributed by atoms with Gasteiger partial charge in [-0.05, 0) is 62.2 Å². The van der Waals surface area contributed by atoms with Crippen molar-refractivity contribution in [3.05, 3.63) is 78.0 Å². The van der Waals surface area contributed by atoms with Gasteiger partial charge in [0.15, 0.2) is 0 Å². The quantitative estimate of drug-likeness (QED) is 0.461. The first-order valence-electron chi connectivity index (χ1n) is 9.92. The van der Waals surface area contributed by atoms with E-state index in [4.69, 9.17) is 0 Å². The molecule has 0 aliphatic rings. The second kappa shape index (κ2) is 9.92. The van der Waals surface area contributed by atoms with E-state index in [0.29, 0.717) is 11.5 Å². The number of hydrogen-bond acceptors (Lipinski definition) is 7. The summed E-state index contributed by atoms with van der Waals surface area (Å²) in [6, 6.07) is 13.1. The third-order valence-electron chi connectivity index (χ3n) is 4.67. The topological polar surface area (TPSA) is 92.7 Å². The zero-order valence-corrected chi connectivity index (χ0v) is 18.4. The maximum absolute atomic E-state index is 12.3. The highest BCUT2D eigenvalue weighted by molar-refractivity contribution is 7.16. The first-order valence-corrected chi connectivity index (χ1v) is 10.7. The Bertz CT molecular complexity index is 1280. The van der Waals surface area contributed by atoms with Crippen LogP contribution in [0.5, 0.6) is 0 Å².